The summed E-state index contributed by atoms with van der Waals surface area (Å²) < 4.78 is 16.7. The maximum absolute atomic E-state index is 14.0. The van der Waals surface area contributed by atoms with Gasteiger partial charge in [-0.25, -0.2) is 9.07 Å². The summed E-state index contributed by atoms with van der Waals surface area (Å²) in [6.45, 7) is 1.85. The zero-order valence-electron chi connectivity index (χ0n) is 21.1. The van der Waals surface area contributed by atoms with Crippen LogP contribution in [0.5, 0.6) is 0 Å². The molecule has 3 unspecified atom stereocenters. The van der Waals surface area contributed by atoms with Gasteiger partial charge in [-0.05, 0) is 54.1 Å². The molecule has 1 saturated heterocycles. The number of nitrogens with two attached hydrogens (primary N) is 1. The highest BCUT2D eigenvalue weighted by Crippen LogP contribution is 2.51. The summed E-state index contributed by atoms with van der Waals surface area (Å²) in [5.74, 6) is -2.03. The van der Waals surface area contributed by atoms with Crippen molar-refractivity contribution >= 4 is 40.0 Å². The number of nitrogens with zero attached hydrogens (tertiary/aromatic N) is 5. The van der Waals surface area contributed by atoms with Crippen LogP contribution in [0.1, 0.15) is 40.5 Å². The van der Waals surface area contributed by atoms with Gasteiger partial charge in [0.2, 0.25) is 5.91 Å². The lowest BCUT2D eigenvalue weighted by atomic mass is 9.82. The van der Waals surface area contributed by atoms with E-state index in [0.29, 0.717) is 16.3 Å². The molecule has 0 bridgehead atoms. The van der Waals surface area contributed by atoms with Crippen LogP contribution in [0.15, 0.2) is 79.1 Å². The Morgan fingerprint density at radius 3 is 2.46 bits per heavy atom. The molecule has 8 nitrogen and oxygen atoms in total. The topological polar surface area (TPSA) is 99.0 Å². The smallest absolute Gasteiger partial charge is 0.269 e. The fourth-order valence-corrected chi connectivity index (χ4v) is 5.87. The maximum atomic E-state index is 14.0. The van der Waals surface area contributed by atoms with Crippen molar-refractivity contribution in [2.24, 2.45) is 18.7 Å². The van der Waals surface area contributed by atoms with Crippen LogP contribution in [0.4, 0.5) is 10.1 Å². The number of halogens is 2. The zero-order chi connectivity index (χ0) is 27.4. The molecule has 1 aliphatic heterocycles. The monoisotopic (exact) mass is 542 g/mol. The number of amides is 2. The van der Waals surface area contributed by atoms with E-state index in [0.717, 1.165) is 22.2 Å². The highest BCUT2D eigenvalue weighted by molar-refractivity contribution is 6.31. The van der Waals surface area contributed by atoms with Crippen LogP contribution in [0.25, 0.3) is 16.6 Å². The van der Waals surface area contributed by atoms with Crippen LogP contribution in [0, 0.1) is 11.7 Å². The minimum absolute atomic E-state index is 0.116. The lowest BCUT2D eigenvalue weighted by Crippen LogP contribution is -2.29. The largest absolute Gasteiger partial charge is 0.364 e. The molecule has 196 valence electrons. The highest BCUT2D eigenvalue weighted by atomic mass is 35.5. The minimum Gasteiger partial charge on any atom is -0.364 e. The Morgan fingerprint density at radius 2 is 1.74 bits per heavy atom. The molecule has 6 rings (SSSR count). The van der Waals surface area contributed by atoms with Crippen LogP contribution in [0.2, 0.25) is 5.02 Å². The fraction of sp³-hybridized carbons (Fsp3) is 0.172. The number of anilines is 1. The first-order valence-corrected chi connectivity index (χ1v) is 12.8. The standard InChI is InChI=1S/C29H24ClFN6O2/c1-16-25(22-15-35(2)34-26(22)28(32)38)27(21-5-3-4-6-23(21)30)36(29(16)39)20-11-12-24-17(13-20)14-33-37(24)19-9-7-18(31)8-10-19/h3-16,25,27H,1-2H3,(H2,32,38). The quantitative estimate of drug-likeness (QED) is 0.332. The van der Waals surface area contributed by atoms with E-state index in [1.165, 1.54) is 16.8 Å². The summed E-state index contributed by atoms with van der Waals surface area (Å²) in [4.78, 5) is 28.0. The van der Waals surface area contributed by atoms with E-state index in [9.17, 15) is 14.0 Å². The summed E-state index contributed by atoms with van der Waals surface area (Å²) in [6.07, 6.45) is 3.46. The Bertz CT molecular complexity index is 1740. The second kappa shape index (κ2) is 9.36. The second-order valence-electron chi connectivity index (χ2n) is 9.74. The number of hydrogen-bond donors (Lipinski definition) is 1. The van der Waals surface area contributed by atoms with Crippen molar-refractivity contribution in [2.45, 2.75) is 18.9 Å². The van der Waals surface area contributed by atoms with Crippen LogP contribution in [-0.4, -0.2) is 31.4 Å². The van der Waals surface area contributed by atoms with E-state index in [-0.39, 0.29) is 17.4 Å². The van der Waals surface area contributed by atoms with Gasteiger partial charge in [-0.2, -0.15) is 10.2 Å². The first-order chi connectivity index (χ1) is 18.7. The molecule has 5 aromatic rings. The number of hydrogen-bond acceptors (Lipinski definition) is 4. The third kappa shape index (κ3) is 4.06. The van der Waals surface area contributed by atoms with Crippen molar-refractivity contribution in [3.05, 3.63) is 107 Å². The van der Waals surface area contributed by atoms with E-state index >= 15 is 0 Å². The van der Waals surface area contributed by atoms with Crippen molar-refractivity contribution < 1.29 is 14.0 Å². The minimum atomic E-state index is -0.656. The molecule has 2 amide bonds. The number of primary amides is 1. The van der Waals surface area contributed by atoms with Gasteiger partial charge in [0.1, 0.15) is 5.82 Å². The first-order valence-electron chi connectivity index (χ1n) is 12.4. The Hall–Kier alpha value is -4.50. The normalized spacial score (nSPS) is 19.2. The number of carbonyl (C=O) groups is 2. The predicted molar refractivity (Wildman–Crippen MR) is 146 cm³/mol. The molecule has 2 aromatic heterocycles. The molecule has 0 spiro atoms. The average molecular weight is 543 g/mol. The van der Waals surface area contributed by atoms with Crippen molar-refractivity contribution in [1.29, 1.82) is 0 Å². The molecule has 0 saturated carbocycles. The van der Waals surface area contributed by atoms with E-state index < -0.39 is 23.8 Å². The summed E-state index contributed by atoms with van der Waals surface area (Å²) in [7, 11) is 1.71. The van der Waals surface area contributed by atoms with Crippen LogP contribution >= 0.6 is 11.6 Å². The molecule has 10 heteroatoms. The van der Waals surface area contributed by atoms with Crippen LogP contribution in [-0.2, 0) is 11.8 Å². The molecule has 0 aliphatic carbocycles. The predicted octanol–water partition coefficient (Wildman–Crippen LogP) is 5.16. The van der Waals surface area contributed by atoms with Gasteiger partial charge in [0.05, 0.1) is 23.4 Å². The molecule has 3 aromatic carbocycles. The van der Waals surface area contributed by atoms with Gasteiger partial charge in [0.15, 0.2) is 5.69 Å². The molecule has 2 N–H and O–H groups in total. The van der Waals surface area contributed by atoms with E-state index in [1.807, 2.05) is 43.3 Å². The van der Waals surface area contributed by atoms with Crippen LogP contribution in [0.3, 0.4) is 0 Å². The van der Waals surface area contributed by atoms with Gasteiger partial charge in [0, 0.05) is 46.7 Å². The van der Waals surface area contributed by atoms with Crippen molar-refractivity contribution in [3.63, 3.8) is 0 Å². The summed E-state index contributed by atoms with van der Waals surface area (Å²) in [6, 6.07) is 18.6. The molecule has 3 atom stereocenters. The molecule has 0 radical (unpaired) electrons. The van der Waals surface area contributed by atoms with Gasteiger partial charge in [-0.3, -0.25) is 14.3 Å². The Labute approximate surface area is 228 Å². The maximum Gasteiger partial charge on any atom is 0.269 e. The highest BCUT2D eigenvalue weighted by Gasteiger charge is 2.50. The van der Waals surface area contributed by atoms with E-state index in [4.69, 9.17) is 17.3 Å². The summed E-state index contributed by atoms with van der Waals surface area (Å²) in [5, 5.41) is 10.1. The second-order valence-corrected chi connectivity index (χ2v) is 10.1. The van der Waals surface area contributed by atoms with Crippen LogP contribution < -0.4 is 10.6 Å². The Morgan fingerprint density at radius 1 is 1.03 bits per heavy atom. The van der Waals surface area contributed by atoms with E-state index in [1.54, 1.807) is 47.2 Å². The van der Waals surface area contributed by atoms with E-state index in [2.05, 4.69) is 10.2 Å². The number of fused-ring (bicyclic) bond motifs is 1. The number of benzene rings is 3. The number of rotatable bonds is 5. The van der Waals surface area contributed by atoms with Crippen molar-refractivity contribution in [3.8, 4) is 5.69 Å². The average Bonchev–Trinajstić information content (AvgIpc) is 3.58. The van der Waals surface area contributed by atoms with Gasteiger partial charge < -0.3 is 10.6 Å². The number of carbonyl (C=O) groups excluding carboxylic acids is 2. The molecular formula is C29H24ClFN6O2. The van der Waals surface area contributed by atoms with Gasteiger partial charge >= 0.3 is 0 Å². The van der Waals surface area contributed by atoms with Gasteiger partial charge in [0.25, 0.3) is 5.91 Å². The van der Waals surface area contributed by atoms with Gasteiger partial charge in [-0.1, -0.05) is 36.7 Å². The van der Waals surface area contributed by atoms with Crippen molar-refractivity contribution in [1.82, 2.24) is 19.6 Å². The molecule has 3 heterocycles. The molecule has 39 heavy (non-hydrogen) atoms. The SMILES string of the molecule is CC1C(=O)N(c2ccc3c(cnn3-c3ccc(F)cc3)c2)C(c2ccccc2Cl)C1c1cn(C)nc1C(N)=O. The van der Waals surface area contributed by atoms with Crippen molar-refractivity contribution in [2.75, 3.05) is 4.90 Å². The van der Waals surface area contributed by atoms with Gasteiger partial charge in [-0.15, -0.1) is 0 Å². The number of aryl methyl sites for hydroxylation is 1. The lowest BCUT2D eigenvalue weighted by Gasteiger charge is -2.29. The third-order valence-corrected chi connectivity index (χ3v) is 7.70. The molecular weight excluding hydrogens is 519 g/mol. The summed E-state index contributed by atoms with van der Waals surface area (Å²) in [5.41, 5.74) is 9.36. The molecule has 1 aliphatic rings. The fourth-order valence-electron chi connectivity index (χ4n) is 5.62. The Kier molecular flexibility index (Phi) is 5.95. The first kappa shape index (κ1) is 24.8. The summed E-state index contributed by atoms with van der Waals surface area (Å²) >= 11 is 6.70. The zero-order valence-corrected chi connectivity index (χ0v) is 21.9. The third-order valence-electron chi connectivity index (χ3n) is 7.36. The Balaban J connectivity index is 1.50. The lowest BCUT2D eigenvalue weighted by molar-refractivity contribution is -0.120. The number of aromatic nitrogens is 4. The molecule has 1 fully saturated rings.